The van der Waals surface area contributed by atoms with E-state index in [1.165, 1.54) is 5.01 Å². The second-order valence-electron chi connectivity index (χ2n) is 3.11. The summed E-state index contributed by atoms with van der Waals surface area (Å²) >= 11 is 3.91. The van der Waals surface area contributed by atoms with Crippen LogP contribution in [0, 0.1) is 0 Å². The van der Waals surface area contributed by atoms with E-state index in [-0.39, 0.29) is 12.3 Å². The van der Waals surface area contributed by atoms with Gasteiger partial charge >= 0.3 is 5.97 Å². The molecular formula is C9H12N2O4S. The number of hydrazine groups is 1. The topological polar surface area (TPSA) is 77.9 Å². The van der Waals surface area contributed by atoms with E-state index in [2.05, 4.69) is 12.6 Å². The van der Waals surface area contributed by atoms with Crippen LogP contribution in [0.15, 0.2) is 12.2 Å². The first-order chi connectivity index (χ1) is 7.52. The number of nitrogens with zero attached hydrogens (tertiary/aromatic N) is 2. The molecule has 0 aromatic heterocycles. The van der Waals surface area contributed by atoms with Gasteiger partial charge in [-0.2, -0.15) is 17.6 Å². The number of carbonyl (C=O) groups excluding carboxylic acids is 2. The number of thiol groups is 1. The standard InChI is InChI=1S/C9H12N2O4S/c1-2-10(6(5-16)9(14)15)11-7(12)3-4-8(11)13/h3-4,6,16H,2,5H2,1H3,(H,14,15)/t6-/m0/s1. The minimum absolute atomic E-state index is 0.0141. The highest BCUT2D eigenvalue weighted by Gasteiger charge is 2.35. The number of carboxylic acid groups (broad SMARTS) is 1. The molecule has 0 spiro atoms. The van der Waals surface area contributed by atoms with E-state index in [4.69, 9.17) is 5.11 Å². The number of hydrogen-bond acceptors (Lipinski definition) is 5. The lowest BCUT2D eigenvalue weighted by Crippen LogP contribution is -2.55. The monoisotopic (exact) mass is 244 g/mol. The summed E-state index contributed by atoms with van der Waals surface area (Å²) in [6.45, 7) is 1.90. The van der Waals surface area contributed by atoms with E-state index in [1.54, 1.807) is 6.92 Å². The lowest BCUT2D eigenvalue weighted by Gasteiger charge is -2.32. The molecule has 1 rings (SSSR count). The second kappa shape index (κ2) is 5.13. The van der Waals surface area contributed by atoms with Crippen molar-refractivity contribution in [2.75, 3.05) is 12.3 Å². The van der Waals surface area contributed by atoms with Gasteiger partial charge in [0.25, 0.3) is 11.8 Å². The van der Waals surface area contributed by atoms with E-state index in [9.17, 15) is 14.4 Å². The van der Waals surface area contributed by atoms with Crippen molar-refractivity contribution in [1.82, 2.24) is 10.0 Å². The third-order valence-electron chi connectivity index (χ3n) is 2.18. The van der Waals surface area contributed by atoms with Crippen molar-refractivity contribution < 1.29 is 19.5 Å². The molecule has 16 heavy (non-hydrogen) atoms. The molecule has 7 heteroatoms. The molecule has 1 aliphatic rings. The van der Waals surface area contributed by atoms with E-state index in [1.807, 2.05) is 0 Å². The number of amides is 2. The first-order valence-corrected chi connectivity index (χ1v) is 5.32. The maximum atomic E-state index is 11.4. The number of rotatable bonds is 5. The van der Waals surface area contributed by atoms with Gasteiger partial charge in [-0.3, -0.25) is 14.4 Å². The Morgan fingerprint density at radius 2 is 2.00 bits per heavy atom. The second-order valence-corrected chi connectivity index (χ2v) is 3.48. The Balaban J connectivity index is 2.93. The van der Waals surface area contributed by atoms with Gasteiger partial charge in [0.05, 0.1) is 0 Å². The molecule has 2 amide bonds. The summed E-state index contributed by atoms with van der Waals surface area (Å²) in [5.41, 5.74) is 0. The zero-order valence-corrected chi connectivity index (χ0v) is 9.55. The molecule has 1 aliphatic heterocycles. The fourth-order valence-electron chi connectivity index (χ4n) is 1.45. The van der Waals surface area contributed by atoms with Crippen molar-refractivity contribution >= 4 is 30.4 Å². The highest BCUT2D eigenvalue weighted by atomic mass is 32.1. The highest BCUT2D eigenvalue weighted by Crippen LogP contribution is 2.13. The number of imide groups is 1. The summed E-state index contributed by atoms with van der Waals surface area (Å²) < 4.78 is 0. The van der Waals surface area contributed by atoms with Gasteiger partial charge in [-0.25, -0.2) is 5.01 Å². The molecule has 1 heterocycles. The number of carbonyl (C=O) groups is 3. The molecule has 1 atom stereocenters. The Kier molecular flexibility index (Phi) is 4.08. The Bertz CT molecular complexity index is 337. The molecule has 0 saturated carbocycles. The summed E-state index contributed by atoms with van der Waals surface area (Å²) in [6.07, 6.45) is 2.23. The maximum absolute atomic E-state index is 11.4. The van der Waals surface area contributed by atoms with Crippen LogP contribution in [0.4, 0.5) is 0 Å². The van der Waals surface area contributed by atoms with Gasteiger partial charge in [-0.1, -0.05) is 6.92 Å². The lowest BCUT2D eigenvalue weighted by atomic mass is 10.3. The van der Waals surface area contributed by atoms with Crippen molar-refractivity contribution in [3.63, 3.8) is 0 Å². The Hall–Kier alpha value is -1.34. The van der Waals surface area contributed by atoms with Crippen LogP contribution in [0.25, 0.3) is 0 Å². The van der Waals surface area contributed by atoms with E-state index < -0.39 is 23.8 Å². The fraction of sp³-hybridized carbons (Fsp3) is 0.444. The molecule has 88 valence electrons. The largest absolute Gasteiger partial charge is 0.480 e. The van der Waals surface area contributed by atoms with Crippen LogP contribution >= 0.6 is 12.6 Å². The minimum Gasteiger partial charge on any atom is -0.480 e. The normalized spacial score (nSPS) is 17.3. The van der Waals surface area contributed by atoms with Crippen LogP contribution in [-0.2, 0) is 14.4 Å². The number of carboxylic acids is 1. The maximum Gasteiger partial charge on any atom is 0.323 e. The summed E-state index contributed by atoms with van der Waals surface area (Å²) in [5, 5.41) is 11.0. The smallest absolute Gasteiger partial charge is 0.323 e. The van der Waals surface area contributed by atoms with Crippen LogP contribution in [0.2, 0.25) is 0 Å². The van der Waals surface area contributed by atoms with Crippen LogP contribution in [0.5, 0.6) is 0 Å². The SMILES string of the molecule is CCN([C@@H](CS)C(=O)O)N1C(=O)C=CC1=O. The van der Waals surface area contributed by atoms with Crippen molar-refractivity contribution in [3.05, 3.63) is 12.2 Å². The zero-order valence-electron chi connectivity index (χ0n) is 8.66. The van der Waals surface area contributed by atoms with Crippen LogP contribution in [0.3, 0.4) is 0 Å². The molecule has 0 unspecified atom stereocenters. The summed E-state index contributed by atoms with van der Waals surface area (Å²) in [7, 11) is 0. The summed E-state index contributed by atoms with van der Waals surface area (Å²) in [6, 6.07) is -0.999. The first-order valence-electron chi connectivity index (χ1n) is 4.69. The molecule has 0 aliphatic carbocycles. The van der Waals surface area contributed by atoms with Crippen molar-refractivity contribution in [2.24, 2.45) is 0 Å². The van der Waals surface area contributed by atoms with Crippen molar-refractivity contribution in [2.45, 2.75) is 13.0 Å². The Morgan fingerprint density at radius 3 is 2.31 bits per heavy atom. The van der Waals surface area contributed by atoms with Crippen LogP contribution in [0.1, 0.15) is 6.92 Å². The summed E-state index contributed by atoms with van der Waals surface area (Å²) in [5.74, 6) is -2.16. The third kappa shape index (κ3) is 2.25. The van der Waals surface area contributed by atoms with Gasteiger partial charge in [-0.15, -0.1) is 0 Å². The average molecular weight is 244 g/mol. The molecule has 0 aromatic rings. The van der Waals surface area contributed by atoms with E-state index in [0.717, 1.165) is 17.2 Å². The average Bonchev–Trinajstić information content (AvgIpc) is 2.55. The number of aliphatic carboxylic acids is 1. The molecule has 0 aromatic carbocycles. The predicted molar refractivity (Wildman–Crippen MR) is 58.6 cm³/mol. The van der Waals surface area contributed by atoms with Crippen LogP contribution < -0.4 is 0 Å². The molecular weight excluding hydrogens is 232 g/mol. The number of likely N-dealkylation sites (N-methyl/N-ethyl adjacent to an activating group) is 1. The van der Waals surface area contributed by atoms with Gasteiger partial charge in [0, 0.05) is 24.4 Å². The van der Waals surface area contributed by atoms with Gasteiger partial charge in [0.2, 0.25) is 0 Å². The van der Waals surface area contributed by atoms with Gasteiger partial charge in [0.1, 0.15) is 6.04 Å². The molecule has 0 bridgehead atoms. The molecule has 1 N–H and O–H groups in total. The molecule has 0 fully saturated rings. The third-order valence-corrected chi connectivity index (χ3v) is 2.53. The zero-order chi connectivity index (χ0) is 12.3. The molecule has 6 nitrogen and oxygen atoms in total. The van der Waals surface area contributed by atoms with Gasteiger partial charge in [0.15, 0.2) is 0 Å². The summed E-state index contributed by atoms with van der Waals surface area (Å²) in [4.78, 5) is 33.7. The predicted octanol–water partition coefficient (Wildman–Crippen LogP) is -0.469. The number of hydrogen-bond donors (Lipinski definition) is 2. The molecule has 0 radical (unpaired) electrons. The van der Waals surface area contributed by atoms with E-state index >= 15 is 0 Å². The highest BCUT2D eigenvalue weighted by molar-refractivity contribution is 7.80. The molecule has 0 saturated heterocycles. The van der Waals surface area contributed by atoms with Crippen molar-refractivity contribution in [1.29, 1.82) is 0 Å². The van der Waals surface area contributed by atoms with Crippen LogP contribution in [-0.4, -0.2) is 51.2 Å². The van der Waals surface area contributed by atoms with E-state index in [0.29, 0.717) is 0 Å². The van der Waals surface area contributed by atoms with Gasteiger partial charge in [-0.05, 0) is 0 Å². The lowest BCUT2D eigenvalue weighted by molar-refractivity contribution is -0.165. The quantitative estimate of drug-likeness (QED) is 0.505. The minimum atomic E-state index is -1.12. The fourth-order valence-corrected chi connectivity index (χ4v) is 1.79. The Labute approximate surface area is 97.9 Å². The van der Waals surface area contributed by atoms with Crippen molar-refractivity contribution in [3.8, 4) is 0 Å². The Morgan fingerprint density at radius 1 is 1.50 bits per heavy atom. The van der Waals surface area contributed by atoms with Gasteiger partial charge < -0.3 is 5.11 Å². The first kappa shape index (κ1) is 12.7.